The number of anilines is 1. The molecule has 0 radical (unpaired) electrons. The van der Waals surface area contributed by atoms with Crippen LogP contribution >= 0.6 is 11.3 Å². The molecule has 1 aliphatic rings. The highest BCUT2D eigenvalue weighted by Crippen LogP contribution is 2.26. The number of likely N-dealkylation sites (N-methyl/N-ethyl adjacent to an activating group) is 2. The second-order valence-corrected chi connectivity index (χ2v) is 6.44. The van der Waals surface area contributed by atoms with Gasteiger partial charge in [-0.2, -0.15) is 0 Å². The van der Waals surface area contributed by atoms with Crippen LogP contribution in [0, 0.1) is 5.82 Å². The number of benzene rings is 1. The van der Waals surface area contributed by atoms with Gasteiger partial charge in [-0.1, -0.05) is 11.3 Å². The maximum Gasteiger partial charge on any atom is 0.183 e. The van der Waals surface area contributed by atoms with E-state index in [0.717, 1.165) is 41.5 Å². The number of fused-ring (bicyclic) bond motifs is 1. The summed E-state index contributed by atoms with van der Waals surface area (Å²) in [5.41, 5.74) is 0.728. The summed E-state index contributed by atoms with van der Waals surface area (Å²) in [7, 11) is 4.31. The molecule has 2 aromatic rings. The van der Waals surface area contributed by atoms with Crippen LogP contribution in [0.15, 0.2) is 18.2 Å². The van der Waals surface area contributed by atoms with Gasteiger partial charge in [0.25, 0.3) is 0 Å². The Balaban J connectivity index is 1.67. The first-order valence-electron chi connectivity index (χ1n) is 6.80. The van der Waals surface area contributed by atoms with Crippen LogP contribution in [0.2, 0.25) is 0 Å². The van der Waals surface area contributed by atoms with Crippen molar-refractivity contribution in [3.8, 4) is 0 Å². The first-order chi connectivity index (χ1) is 9.61. The molecule has 1 fully saturated rings. The van der Waals surface area contributed by atoms with Crippen LogP contribution in [0.5, 0.6) is 0 Å². The van der Waals surface area contributed by atoms with Gasteiger partial charge in [-0.25, -0.2) is 9.37 Å². The lowest BCUT2D eigenvalue weighted by molar-refractivity contribution is 0.122. The number of nitrogens with zero attached hydrogens (tertiary/aromatic N) is 3. The zero-order valence-corrected chi connectivity index (χ0v) is 12.6. The monoisotopic (exact) mass is 294 g/mol. The van der Waals surface area contributed by atoms with Gasteiger partial charge < -0.3 is 10.2 Å². The van der Waals surface area contributed by atoms with E-state index >= 15 is 0 Å². The van der Waals surface area contributed by atoms with Crippen molar-refractivity contribution in [1.29, 1.82) is 0 Å². The Labute approximate surface area is 122 Å². The standard InChI is InChI=1S/C14H19FN4S/c1-18-5-6-19(2)11(9-18)8-16-14-17-12-7-10(15)3-4-13(12)20-14/h3-4,7,11H,5-6,8-9H2,1-2H3,(H,16,17). The molecule has 1 N–H and O–H groups in total. The molecule has 2 heterocycles. The van der Waals surface area contributed by atoms with E-state index in [0.29, 0.717) is 6.04 Å². The Morgan fingerprint density at radius 3 is 3.10 bits per heavy atom. The van der Waals surface area contributed by atoms with Crippen LogP contribution in [-0.2, 0) is 0 Å². The SMILES string of the molecule is CN1CCN(C)C(CNc2nc3cc(F)ccc3s2)C1. The van der Waals surface area contributed by atoms with E-state index in [1.807, 2.05) is 0 Å². The van der Waals surface area contributed by atoms with Gasteiger partial charge in [0.05, 0.1) is 10.2 Å². The molecule has 4 nitrogen and oxygen atoms in total. The Kier molecular flexibility index (Phi) is 3.87. The Bertz CT molecular complexity index is 600. The average molecular weight is 294 g/mol. The molecule has 1 aromatic heterocycles. The van der Waals surface area contributed by atoms with Crippen molar-refractivity contribution in [1.82, 2.24) is 14.8 Å². The number of rotatable bonds is 3. The Morgan fingerprint density at radius 2 is 2.25 bits per heavy atom. The summed E-state index contributed by atoms with van der Waals surface area (Å²) < 4.78 is 14.2. The molecule has 108 valence electrons. The third-order valence-corrected chi connectivity index (χ3v) is 4.81. The van der Waals surface area contributed by atoms with Crippen LogP contribution < -0.4 is 5.32 Å². The maximum atomic E-state index is 13.1. The highest BCUT2D eigenvalue weighted by molar-refractivity contribution is 7.22. The molecule has 20 heavy (non-hydrogen) atoms. The minimum Gasteiger partial charge on any atom is -0.360 e. The van der Waals surface area contributed by atoms with Crippen LogP contribution in [0.4, 0.5) is 9.52 Å². The van der Waals surface area contributed by atoms with Crippen molar-refractivity contribution in [3.05, 3.63) is 24.0 Å². The number of hydrogen-bond acceptors (Lipinski definition) is 5. The zero-order chi connectivity index (χ0) is 14.1. The highest BCUT2D eigenvalue weighted by atomic mass is 32.1. The van der Waals surface area contributed by atoms with Crippen molar-refractivity contribution in [2.45, 2.75) is 6.04 Å². The van der Waals surface area contributed by atoms with E-state index in [4.69, 9.17) is 0 Å². The van der Waals surface area contributed by atoms with Gasteiger partial charge in [0.2, 0.25) is 0 Å². The summed E-state index contributed by atoms with van der Waals surface area (Å²) >= 11 is 1.58. The lowest BCUT2D eigenvalue weighted by Gasteiger charge is -2.37. The Morgan fingerprint density at radius 1 is 1.40 bits per heavy atom. The van der Waals surface area contributed by atoms with E-state index in [1.165, 1.54) is 12.1 Å². The molecule has 0 aliphatic carbocycles. The molecule has 0 bridgehead atoms. The Hall–Kier alpha value is -1.24. The zero-order valence-electron chi connectivity index (χ0n) is 11.8. The van der Waals surface area contributed by atoms with Crippen molar-refractivity contribution in [3.63, 3.8) is 0 Å². The topological polar surface area (TPSA) is 31.4 Å². The summed E-state index contributed by atoms with van der Waals surface area (Å²) in [5, 5.41) is 4.26. The van der Waals surface area contributed by atoms with Crippen molar-refractivity contribution in [2.75, 3.05) is 45.6 Å². The first kappa shape index (κ1) is 13.7. The number of aromatic nitrogens is 1. The van der Waals surface area contributed by atoms with Gasteiger partial charge in [0.15, 0.2) is 5.13 Å². The largest absolute Gasteiger partial charge is 0.360 e. The number of piperazine rings is 1. The fourth-order valence-electron chi connectivity index (χ4n) is 2.50. The van der Waals surface area contributed by atoms with Crippen molar-refractivity contribution >= 4 is 26.7 Å². The number of halogens is 1. The van der Waals surface area contributed by atoms with Crippen LogP contribution in [0.3, 0.4) is 0 Å². The van der Waals surface area contributed by atoms with E-state index in [9.17, 15) is 4.39 Å². The van der Waals surface area contributed by atoms with E-state index in [1.54, 1.807) is 17.4 Å². The molecular formula is C14H19FN4S. The average Bonchev–Trinajstić information content (AvgIpc) is 2.81. The summed E-state index contributed by atoms with van der Waals surface area (Å²) in [4.78, 5) is 9.16. The first-order valence-corrected chi connectivity index (χ1v) is 7.62. The molecule has 1 unspecified atom stereocenters. The van der Waals surface area contributed by atoms with E-state index in [-0.39, 0.29) is 5.82 Å². The quantitative estimate of drug-likeness (QED) is 0.939. The predicted molar refractivity (Wildman–Crippen MR) is 82.0 cm³/mol. The molecule has 1 aliphatic heterocycles. The molecule has 1 aromatic carbocycles. The molecule has 0 amide bonds. The van der Waals surface area contributed by atoms with Gasteiger partial charge in [0, 0.05) is 38.3 Å². The normalized spacial score (nSPS) is 21.4. The number of nitrogens with one attached hydrogen (secondary N) is 1. The lowest BCUT2D eigenvalue weighted by Crippen LogP contribution is -2.52. The second-order valence-electron chi connectivity index (χ2n) is 5.41. The minimum absolute atomic E-state index is 0.233. The molecule has 1 saturated heterocycles. The van der Waals surface area contributed by atoms with Gasteiger partial charge in [-0.3, -0.25) is 4.90 Å². The molecule has 1 atom stereocenters. The van der Waals surface area contributed by atoms with Gasteiger partial charge in [0.1, 0.15) is 5.82 Å². The third kappa shape index (κ3) is 2.92. The van der Waals surface area contributed by atoms with Crippen LogP contribution in [-0.4, -0.2) is 61.1 Å². The molecule has 6 heteroatoms. The fourth-order valence-corrected chi connectivity index (χ4v) is 3.36. The summed E-state index contributed by atoms with van der Waals surface area (Å²) in [6.45, 7) is 4.13. The van der Waals surface area contributed by atoms with Crippen molar-refractivity contribution < 1.29 is 4.39 Å². The predicted octanol–water partition coefficient (Wildman–Crippen LogP) is 2.09. The van der Waals surface area contributed by atoms with Crippen LogP contribution in [0.25, 0.3) is 10.2 Å². The highest BCUT2D eigenvalue weighted by Gasteiger charge is 2.22. The van der Waals surface area contributed by atoms with E-state index < -0.39 is 0 Å². The summed E-state index contributed by atoms with van der Waals surface area (Å²) in [5.74, 6) is -0.233. The molecule has 0 spiro atoms. The third-order valence-electron chi connectivity index (χ3n) is 3.82. The van der Waals surface area contributed by atoms with Gasteiger partial charge in [-0.05, 0) is 26.2 Å². The maximum absolute atomic E-state index is 13.1. The molecule has 3 rings (SSSR count). The van der Waals surface area contributed by atoms with E-state index in [2.05, 4.69) is 34.2 Å². The van der Waals surface area contributed by atoms with Crippen LogP contribution in [0.1, 0.15) is 0 Å². The summed E-state index contributed by atoms with van der Waals surface area (Å²) in [6.07, 6.45) is 0. The van der Waals surface area contributed by atoms with Gasteiger partial charge >= 0.3 is 0 Å². The van der Waals surface area contributed by atoms with Crippen molar-refractivity contribution in [2.24, 2.45) is 0 Å². The second kappa shape index (κ2) is 5.63. The van der Waals surface area contributed by atoms with Gasteiger partial charge in [-0.15, -0.1) is 0 Å². The summed E-state index contributed by atoms with van der Waals surface area (Å²) in [6, 6.07) is 5.23. The molecular weight excluding hydrogens is 275 g/mol. The smallest absolute Gasteiger partial charge is 0.183 e. The fraction of sp³-hybridized carbons (Fsp3) is 0.500. The number of thiazole rings is 1. The number of hydrogen-bond donors (Lipinski definition) is 1. The molecule has 0 saturated carbocycles. The minimum atomic E-state index is -0.233. The lowest BCUT2D eigenvalue weighted by atomic mass is 10.2.